The van der Waals surface area contributed by atoms with Gasteiger partial charge in [-0.1, -0.05) is 38.3 Å². The van der Waals surface area contributed by atoms with Crippen molar-refractivity contribution in [3.05, 3.63) is 23.5 Å². The minimum atomic E-state index is -3.52. The predicted molar refractivity (Wildman–Crippen MR) is 80.3 cm³/mol. The minimum absolute atomic E-state index is 0.113. The van der Waals surface area contributed by atoms with Crippen LogP contribution in [0.5, 0.6) is 0 Å². The third-order valence-electron chi connectivity index (χ3n) is 4.64. The van der Waals surface area contributed by atoms with Crippen molar-refractivity contribution in [2.45, 2.75) is 44.4 Å². The third kappa shape index (κ3) is 2.85. The second-order valence-electron chi connectivity index (χ2n) is 5.42. The van der Waals surface area contributed by atoms with E-state index in [1.807, 2.05) is 0 Å². The third-order valence-corrected chi connectivity index (χ3v) is 7.00. The number of sulfonamides is 1. The summed E-state index contributed by atoms with van der Waals surface area (Å²) in [5.41, 5.74) is 0.296. The van der Waals surface area contributed by atoms with Gasteiger partial charge in [0, 0.05) is 25.5 Å². The molecule has 4 nitrogen and oxygen atoms in total. The molecule has 0 aliphatic carbocycles. The van der Waals surface area contributed by atoms with Crippen molar-refractivity contribution < 1.29 is 8.42 Å². The summed E-state index contributed by atoms with van der Waals surface area (Å²) in [6.45, 7) is 5.50. The van der Waals surface area contributed by atoms with Crippen LogP contribution in [0.4, 0.5) is 0 Å². The predicted octanol–water partition coefficient (Wildman–Crippen LogP) is 3.33. The fraction of sp³-hybridized carbons (Fsp3) is 0.643. The number of rotatable bonds is 4. The van der Waals surface area contributed by atoms with Gasteiger partial charge in [0.2, 0.25) is 10.0 Å². The van der Waals surface area contributed by atoms with Crippen molar-refractivity contribution in [1.82, 2.24) is 9.29 Å². The molecule has 1 aromatic rings. The molecular weight excluding hydrogens is 296 g/mol. The van der Waals surface area contributed by atoms with E-state index in [1.165, 1.54) is 18.5 Å². The number of piperidine rings is 1. The second kappa shape index (κ2) is 6.00. The number of hydrogen-bond donors (Lipinski definition) is 0. The number of halogens is 1. The van der Waals surface area contributed by atoms with Gasteiger partial charge < -0.3 is 0 Å². The van der Waals surface area contributed by atoms with Crippen LogP contribution in [0.3, 0.4) is 0 Å². The van der Waals surface area contributed by atoms with Gasteiger partial charge >= 0.3 is 0 Å². The van der Waals surface area contributed by atoms with Gasteiger partial charge in [-0.05, 0) is 24.3 Å². The molecule has 112 valence electrons. The Balaban J connectivity index is 2.20. The normalized spacial score (nSPS) is 19.9. The Hall–Kier alpha value is -0.650. The molecule has 0 amide bonds. The van der Waals surface area contributed by atoms with E-state index in [2.05, 4.69) is 18.8 Å². The van der Waals surface area contributed by atoms with Crippen LogP contribution in [-0.2, 0) is 10.0 Å². The lowest BCUT2D eigenvalue weighted by atomic mass is 9.75. The Morgan fingerprint density at radius 2 is 1.90 bits per heavy atom. The smallest absolute Gasteiger partial charge is 0.246 e. The zero-order valence-corrected chi connectivity index (χ0v) is 13.5. The van der Waals surface area contributed by atoms with Crippen LogP contribution in [0.2, 0.25) is 5.02 Å². The molecule has 6 heteroatoms. The van der Waals surface area contributed by atoms with E-state index in [1.54, 1.807) is 4.31 Å². The van der Waals surface area contributed by atoms with E-state index in [9.17, 15) is 8.42 Å². The van der Waals surface area contributed by atoms with Gasteiger partial charge in [-0.2, -0.15) is 4.31 Å². The molecular formula is C14H21ClN2O2S. The fourth-order valence-electron chi connectivity index (χ4n) is 2.85. The average Bonchev–Trinajstić information content (AvgIpc) is 2.47. The first-order valence-corrected chi connectivity index (χ1v) is 8.87. The van der Waals surface area contributed by atoms with E-state index in [0.29, 0.717) is 18.5 Å². The van der Waals surface area contributed by atoms with Gasteiger partial charge in [0.05, 0.1) is 5.02 Å². The first-order valence-electron chi connectivity index (χ1n) is 7.05. The summed E-state index contributed by atoms with van der Waals surface area (Å²) >= 11 is 5.99. The molecule has 20 heavy (non-hydrogen) atoms. The summed E-state index contributed by atoms with van der Waals surface area (Å²) in [5.74, 6) is 0. The molecule has 1 saturated heterocycles. The van der Waals surface area contributed by atoms with Crippen molar-refractivity contribution in [3.63, 3.8) is 0 Å². The van der Waals surface area contributed by atoms with E-state index in [-0.39, 0.29) is 9.92 Å². The molecule has 0 bridgehead atoms. The molecule has 0 atom stereocenters. The Kier molecular flexibility index (Phi) is 4.72. The Bertz CT molecular complexity index is 560. The molecule has 1 fully saturated rings. The molecule has 2 rings (SSSR count). The monoisotopic (exact) mass is 316 g/mol. The molecule has 0 saturated carbocycles. The van der Waals surface area contributed by atoms with E-state index >= 15 is 0 Å². The molecule has 0 radical (unpaired) electrons. The van der Waals surface area contributed by atoms with E-state index in [0.717, 1.165) is 25.7 Å². The number of pyridine rings is 1. The van der Waals surface area contributed by atoms with Crippen molar-refractivity contribution in [3.8, 4) is 0 Å². The van der Waals surface area contributed by atoms with Gasteiger partial charge in [0.1, 0.15) is 4.90 Å². The molecule has 1 aromatic heterocycles. The van der Waals surface area contributed by atoms with Crippen LogP contribution >= 0.6 is 11.6 Å². The lowest BCUT2D eigenvalue weighted by Crippen LogP contribution is -2.42. The summed E-state index contributed by atoms with van der Waals surface area (Å²) in [6.07, 6.45) is 6.86. The zero-order chi connectivity index (χ0) is 14.8. The summed E-state index contributed by atoms with van der Waals surface area (Å²) in [5, 5.41) is 0.239. The number of nitrogens with zero attached hydrogens (tertiary/aromatic N) is 2. The summed E-state index contributed by atoms with van der Waals surface area (Å²) in [6, 6.07) is 1.51. The van der Waals surface area contributed by atoms with Crippen molar-refractivity contribution in [2.24, 2.45) is 5.41 Å². The maximum Gasteiger partial charge on any atom is 0.246 e. The van der Waals surface area contributed by atoms with Gasteiger partial charge in [-0.25, -0.2) is 8.42 Å². The highest BCUT2D eigenvalue weighted by molar-refractivity contribution is 7.89. The van der Waals surface area contributed by atoms with Crippen molar-refractivity contribution in [2.75, 3.05) is 13.1 Å². The first-order chi connectivity index (χ1) is 9.45. The molecule has 2 heterocycles. The van der Waals surface area contributed by atoms with Gasteiger partial charge in [0.15, 0.2) is 0 Å². The van der Waals surface area contributed by atoms with Crippen molar-refractivity contribution >= 4 is 21.6 Å². The van der Waals surface area contributed by atoms with Gasteiger partial charge in [0.25, 0.3) is 0 Å². The summed E-state index contributed by atoms with van der Waals surface area (Å²) in [4.78, 5) is 3.99. The molecule has 1 aliphatic rings. The fourth-order valence-corrected chi connectivity index (χ4v) is 4.70. The highest BCUT2D eigenvalue weighted by Gasteiger charge is 2.36. The Morgan fingerprint density at radius 3 is 2.40 bits per heavy atom. The van der Waals surface area contributed by atoms with Gasteiger partial charge in [-0.15, -0.1) is 0 Å². The lowest BCUT2D eigenvalue weighted by molar-refractivity contribution is 0.141. The molecule has 0 spiro atoms. The SMILES string of the molecule is CCC1(CC)CCN(S(=O)(=O)c2cnccc2Cl)CC1. The Morgan fingerprint density at radius 1 is 1.30 bits per heavy atom. The van der Waals surface area contributed by atoms with Crippen molar-refractivity contribution in [1.29, 1.82) is 0 Å². The van der Waals surface area contributed by atoms with Crippen LogP contribution in [0.25, 0.3) is 0 Å². The topological polar surface area (TPSA) is 50.3 Å². The standard InChI is InChI=1S/C14H21ClN2O2S/c1-3-14(4-2)6-9-17(10-7-14)20(18,19)13-11-16-8-5-12(13)15/h5,8,11H,3-4,6-7,9-10H2,1-2H3. The lowest BCUT2D eigenvalue weighted by Gasteiger charge is -2.40. The number of aromatic nitrogens is 1. The van der Waals surface area contributed by atoms with Crippen LogP contribution < -0.4 is 0 Å². The van der Waals surface area contributed by atoms with Crippen LogP contribution in [0.15, 0.2) is 23.4 Å². The first kappa shape index (κ1) is 15.7. The van der Waals surface area contributed by atoms with Gasteiger partial charge in [-0.3, -0.25) is 4.98 Å². The van der Waals surface area contributed by atoms with Crippen LogP contribution in [-0.4, -0.2) is 30.8 Å². The summed E-state index contributed by atoms with van der Waals surface area (Å²) in [7, 11) is -3.52. The quantitative estimate of drug-likeness (QED) is 0.856. The Labute approximate surface area is 126 Å². The highest BCUT2D eigenvalue weighted by Crippen LogP contribution is 2.39. The van der Waals surface area contributed by atoms with E-state index in [4.69, 9.17) is 11.6 Å². The molecule has 0 unspecified atom stereocenters. The molecule has 1 aliphatic heterocycles. The highest BCUT2D eigenvalue weighted by atomic mass is 35.5. The summed E-state index contributed by atoms with van der Waals surface area (Å²) < 4.78 is 26.7. The zero-order valence-electron chi connectivity index (χ0n) is 12.0. The number of hydrogen-bond acceptors (Lipinski definition) is 3. The van der Waals surface area contributed by atoms with Crippen LogP contribution in [0, 0.1) is 5.41 Å². The van der Waals surface area contributed by atoms with Crippen LogP contribution in [0.1, 0.15) is 39.5 Å². The average molecular weight is 317 g/mol. The second-order valence-corrected chi connectivity index (χ2v) is 7.73. The maximum absolute atomic E-state index is 12.6. The largest absolute Gasteiger partial charge is 0.263 e. The minimum Gasteiger partial charge on any atom is -0.263 e. The molecule has 0 N–H and O–H groups in total. The molecule has 0 aromatic carbocycles. The maximum atomic E-state index is 12.6. The van der Waals surface area contributed by atoms with E-state index < -0.39 is 10.0 Å².